The van der Waals surface area contributed by atoms with Gasteiger partial charge in [-0.15, -0.1) is 0 Å². The van der Waals surface area contributed by atoms with Crippen molar-refractivity contribution in [3.63, 3.8) is 0 Å². The zero-order valence-corrected chi connectivity index (χ0v) is 12.7. The highest BCUT2D eigenvalue weighted by Crippen LogP contribution is 2.24. The van der Waals surface area contributed by atoms with Crippen LogP contribution in [0, 0.1) is 0 Å². The van der Waals surface area contributed by atoms with E-state index in [0.717, 1.165) is 0 Å². The highest BCUT2D eigenvalue weighted by molar-refractivity contribution is 7.91. The largest absolute Gasteiger partial charge is 0.481 e. The number of hydrogen-bond acceptors (Lipinski definition) is 6. The minimum absolute atomic E-state index is 0.00314. The van der Waals surface area contributed by atoms with Crippen LogP contribution in [0.1, 0.15) is 19.3 Å². The van der Waals surface area contributed by atoms with Crippen LogP contribution in [-0.2, 0) is 24.5 Å². The van der Waals surface area contributed by atoms with Crippen LogP contribution in [0.3, 0.4) is 0 Å². The Labute approximate surface area is 118 Å². The summed E-state index contributed by atoms with van der Waals surface area (Å²) in [4.78, 5) is 12.7. The van der Waals surface area contributed by atoms with Crippen LogP contribution in [0.15, 0.2) is 0 Å². The van der Waals surface area contributed by atoms with E-state index in [1.54, 1.807) is 4.90 Å². The third-order valence-corrected chi connectivity index (χ3v) is 7.39. The van der Waals surface area contributed by atoms with Gasteiger partial charge in [-0.25, -0.2) is 16.8 Å². The van der Waals surface area contributed by atoms with Crippen molar-refractivity contribution in [2.45, 2.75) is 31.3 Å². The van der Waals surface area contributed by atoms with Gasteiger partial charge in [-0.3, -0.25) is 9.69 Å². The molecule has 2 unspecified atom stereocenters. The van der Waals surface area contributed by atoms with E-state index >= 15 is 0 Å². The molecule has 0 aliphatic carbocycles. The van der Waals surface area contributed by atoms with E-state index < -0.39 is 31.7 Å². The normalized spacial score (nSPS) is 33.6. The molecule has 0 amide bonds. The minimum Gasteiger partial charge on any atom is -0.481 e. The first-order valence-corrected chi connectivity index (χ1v) is 10.2. The number of carboxylic acids is 1. The number of hydrogen-bond donors (Lipinski definition) is 1. The van der Waals surface area contributed by atoms with Crippen LogP contribution >= 0.6 is 0 Å². The summed E-state index contributed by atoms with van der Waals surface area (Å²) in [5.74, 6) is -1.12. The van der Waals surface area contributed by atoms with Gasteiger partial charge in [0.25, 0.3) is 0 Å². The van der Waals surface area contributed by atoms with Crippen molar-refractivity contribution < 1.29 is 26.7 Å². The fourth-order valence-corrected chi connectivity index (χ4v) is 6.29. The Morgan fingerprint density at radius 2 is 1.75 bits per heavy atom. The lowest BCUT2D eigenvalue weighted by Crippen LogP contribution is -2.56. The van der Waals surface area contributed by atoms with Crippen molar-refractivity contribution in [3.8, 4) is 0 Å². The molecule has 9 heteroatoms. The minimum atomic E-state index is -3.23. The summed E-state index contributed by atoms with van der Waals surface area (Å²) in [5.41, 5.74) is 0. The van der Waals surface area contributed by atoms with E-state index in [4.69, 9.17) is 5.11 Å². The number of carboxylic acid groups (broad SMARTS) is 1. The lowest BCUT2D eigenvalue weighted by atomic mass is 10.1. The van der Waals surface area contributed by atoms with Crippen molar-refractivity contribution in [2.75, 3.05) is 29.6 Å². The third kappa shape index (κ3) is 3.92. The van der Waals surface area contributed by atoms with Crippen LogP contribution in [0.2, 0.25) is 0 Å². The first-order valence-electron chi connectivity index (χ1n) is 6.57. The van der Waals surface area contributed by atoms with Crippen molar-refractivity contribution >= 4 is 25.6 Å². The van der Waals surface area contributed by atoms with Crippen LogP contribution in [0.4, 0.5) is 0 Å². The predicted molar refractivity (Wildman–Crippen MR) is 73.1 cm³/mol. The number of carbonyl (C=O) groups is 1. The molecule has 0 spiro atoms. The van der Waals surface area contributed by atoms with Gasteiger partial charge >= 0.3 is 5.97 Å². The Balaban J connectivity index is 2.17. The monoisotopic (exact) mass is 325 g/mol. The standard InChI is InChI=1S/C11H19NO6S2/c13-11(14)6-10-8-20(17,18)5-3-12(10)9-2-1-4-19(15,16)7-9/h9-10H,1-8H2,(H,13,14). The maximum Gasteiger partial charge on any atom is 0.304 e. The molecule has 0 saturated carbocycles. The van der Waals surface area contributed by atoms with Crippen molar-refractivity contribution in [3.05, 3.63) is 0 Å². The molecule has 0 bridgehead atoms. The fraction of sp³-hybridized carbons (Fsp3) is 0.909. The first-order chi connectivity index (χ1) is 9.19. The average Bonchev–Trinajstić information content (AvgIpc) is 2.25. The number of aliphatic carboxylic acids is 1. The van der Waals surface area contributed by atoms with Crippen LogP contribution < -0.4 is 0 Å². The highest BCUT2D eigenvalue weighted by atomic mass is 32.2. The van der Waals surface area contributed by atoms with Gasteiger partial charge in [-0.1, -0.05) is 0 Å². The molecule has 2 heterocycles. The molecule has 2 fully saturated rings. The number of rotatable bonds is 3. The summed E-state index contributed by atoms with van der Waals surface area (Å²) < 4.78 is 46.7. The van der Waals surface area contributed by atoms with E-state index in [9.17, 15) is 21.6 Å². The van der Waals surface area contributed by atoms with E-state index in [1.807, 2.05) is 0 Å². The molecular formula is C11H19NO6S2. The second-order valence-corrected chi connectivity index (χ2v) is 9.97. The molecule has 7 nitrogen and oxygen atoms in total. The molecule has 116 valence electrons. The van der Waals surface area contributed by atoms with Gasteiger partial charge in [0, 0.05) is 18.6 Å². The van der Waals surface area contributed by atoms with Crippen molar-refractivity contribution in [1.29, 1.82) is 0 Å². The van der Waals surface area contributed by atoms with Gasteiger partial charge in [0.05, 0.1) is 29.4 Å². The molecule has 2 saturated heterocycles. The summed E-state index contributed by atoms with van der Waals surface area (Å²) in [6.07, 6.45) is 0.960. The summed E-state index contributed by atoms with van der Waals surface area (Å²) in [6, 6.07) is -0.877. The quantitative estimate of drug-likeness (QED) is 0.719. The lowest BCUT2D eigenvalue weighted by molar-refractivity contribution is -0.138. The molecular weight excluding hydrogens is 306 g/mol. The van der Waals surface area contributed by atoms with Crippen LogP contribution in [0.5, 0.6) is 0 Å². The van der Waals surface area contributed by atoms with E-state index in [-0.39, 0.29) is 42.0 Å². The summed E-state index contributed by atoms with van der Waals surface area (Å²) in [7, 11) is -6.33. The Kier molecular flexibility index (Phi) is 4.41. The Morgan fingerprint density at radius 1 is 1.10 bits per heavy atom. The molecule has 2 aliphatic heterocycles. The second kappa shape index (κ2) is 5.61. The molecule has 0 aromatic carbocycles. The zero-order chi connectivity index (χ0) is 15.0. The summed E-state index contributed by atoms with van der Waals surface area (Å²) in [5, 5.41) is 8.92. The third-order valence-electron chi connectivity index (χ3n) is 3.89. The van der Waals surface area contributed by atoms with E-state index in [0.29, 0.717) is 12.8 Å². The Hall–Kier alpha value is -0.670. The van der Waals surface area contributed by atoms with Crippen LogP contribution in [0.25, 0.3) is 0 Å². The Morgan fingerprint density at radius 3 is 2.35 bits per heavy atom. The van der Waals surface area contributed by atoms with Gasteiger partial charge in [0.2, 0.25) is 0 Å². The van der Waals surface area contributed by atoms with Crippen molar-refractivity contribution in [2.24, 2.45) is 0 Å². The highest BCUT2D eigenvalue weighted by Gasteiger charge is 2.39. The SMILES string of the molecule is O=C(O)CC1CS(=O)(=O)CCN1C1CCCS(=O)(=O)C1. The van der Waals surface area contributed by atoms with E-state index in [2.05, 4.69) is 0 Å². The van der Waals surface area contributed by atoms with Gasteiger partial charge in [0.1, 0.15) is 0 Å². The molecule has 2 rings (SSSR count). The molecule has 2 atom stereocenters. The summed E-state index contributed by atoms with van der Waals surface area (Å²) in [6.45, 7) is 0.223. The number of nitrogens with zero attached hydrogens (tertiary/aromatic N) is 1. The predicted octanol–water partition coefficient (Wildman–Crippen LogP) is -0.863. The fourth-order valence-electron chi connectivity index (χ4n) is 3.02. The number of sulfone groups is 2. The molecule has 20 heavy (non-hydrogen) atoms. The van der Waals surface area contributed by atoms with E-state index in [1.165, 1.54) is 0 Å². The second-order valence-electron chi connectivity index (χ2n) is 5.51. The first kappa shape index (κ1) is 15.7. The Bertz CT molecular complexity index is 582. The molecule has 1 N–H and O–H groups in total. The van der Waals surface area contributed by atoms with Gasteiger partial charge in [-0.2, -0.15) is 0 Å². The van der Waals surface area contributed by atoms with Gasteiger partial charge < -0.3 is 5.11 Å². The smallest absolute Gasteiger partial charge is 0.304 e. The van der Waals surface area contributed by atoms with Crippen molar-refractivity contribution in [1.82, 2.24) is 4.90 Å². The molecule has 0 aromatic heterocycles. The molecule has 0 aromatic rings. The molecule has 0 radical (unpaired) electrons. The topological polar surface area (TPSA) is 109 Å². The maximum atomic E-state index is 11.7. The lowest BCUT2D eigenvalue weighted by Gasteiger charge is -2.41. The summed E-state index contributed by atoms with van der Waals surface area (Å²) >= 11 is 0. The van der Waals surface area contributed by atoms with Crippen LogP contribution in [-0.4, -0.2) is 74.5 Å². The maximum absolute atomic E-state index is 11.7. The average molecular weight is 325 g/mol. The molecule has 2 aliphatic rings. The van der Waals surface area contributed by atoms with Gasteiger partial charge in [-0.05, 0) is 12.8 Å². The zero-order valence-electron chi connectivity index (χ0n) is 11.1. The van der Waals surface area contributed by atoms with Gasteiger partial charge in [0.15, 0.2) is 19.7 Å².